The van der Waals surface area contributed by atoms with Crippen LogP contribution in [0.15, 0.2) is 48.7 Å². The quantitative estimate of drug-likeness (QED) is 0.425. The van der Waals surface area contributed by atoms with Gasteiger partial charge in [-0.1, -0.05) is 32.0 Å². The van der Waals surface area contributed by atoms with Crippen molar-refractivity contribution in [3.8, 4) is 5.75 Å². The second kappa shape index (κ2) is 18.9. The van der Waals surface area contributed by atoms with Crippen LogP contribution in [0.1, 0.15) is 50.9 Å². The number of rotatable bonds is 9. The van der Waals surface area contributed by atoms with Crippen LogP contribution in [-0.2, 0) is 25.5 Å². The molecule has 1 fully saturated rings. The van der Waals surface area contributed by atoms with Crippen LogP contribution < -0.4 is 4.74 Å². The van der Waals surface area contributed by atoms with Gasteiger partial charge in [-0.25, -0.2) is 0 Å². The van der Waals surface area contributed by atoms with E-state index in [0.29, 0.717) is 44.8 Å². The number of hydrogen-bond donors (Lipinski definition) is 2. The van der Waals surface area contributed by atoms with Crippen molar-refractivity contribution in [1.82, 2.24) is 19.7 Å². The normalized spacial score (nSPS) is 24.0. The van der Waals surface area contributed by atoms with Crippen molar-refractivity contribution in [2.24, 2.45) is 11.8 Å². The molecule has 2 heterocycles. The number of carbonyl (C=O) groups excluding carboxylic acids is 2. The Morgan fingerprint density at radius 3 is 2.54 bits per heavy atom. The number of aliphatic hydroxyl groups excluding tert-OH is 2. The number of amides is 2. The minimum atomic E-state index is -1.25. The fraction of sp³-hybridized carbons (Fsp3) is 0.629. The van der Waals surface area contributed by atoms with E-state index in [0.717, 1.165) is 17.7 Å². The van der Waals surface area contributed by atoms with Gasteiger partial charge in [0.1, 0.15) is 24.1 Å². The SMILES string of the molecule is COc1cccc([C@@H]2[C@@H](C(C)C)CN(C(C)=O)C[C@H](OC)[C@@H](O)[C@@H](O)COCCCCN2C(=O)CN(C)CCc2ccccn2)c1. The molecule has 0 bridgehead atoms. The van der Waals surface area contributed by atoms with E-state index >= 15 is 0 Å². The van der Waals surface area contributed by atoms with Gasteiger partial charge in [-0.3, -0.25) is 19.5 Å². The molecule has 1 aromatic carbocycles. The minimum Gasteiger partial charge on any atom is -0.497 e. The number of methoxy groups -OCH3 is 2. The van der Waals surface area contributed by atoms with Crippen LogP contribution in [0.5, 0.6) is 5.75 Å². The summed E-state index contributed by atoms with van der Waals surface area (Å²) in [6, 6.07) is 13.3. The highest BCUT2D eigenvalue weighted by atomic mass is 16.5. The molecule has 1 aliphatic rings. The molecule has 0 aliphatic carbocycles. The van der Waals surface area contributed by atoms with Gasteiger partial charge in [0.05, 0.1) is 26.3 Å². The van der Waals surface area contributed by atoms with Crippen molar-refractivity contribution >= 4 is 11.8 Å². The van der Waals surface area contributed by atoms with Gasteiger partial charge >= 0.3 is 0 Å². The molecule has 11 nitrogen and oxygen atoms in total. The molecule has 3 rings (SSSR count). The zero-order valence-electron chi connectivity index (χ0n) is 28.4. The predicted octanol–water partition coefficient (Wildman–Crippen LogP) is 2.80. The van der Waals surface area contributed by atoms with Gasteiger partial charge in [0.2, 0.25) is 11.8 Å². The van der Waals surface area contributed by atoms with Crippen molar-refractivity contribution in [3.05, 3.63) is 59.9 Å². The Bertz CT molecular complexity index is 1200. The van der Waals surface area contributed by atoms with E-state index in [4.69, 9.17) is 14.2 Å². The molecule has 256 valence electrons. The highest BCUT2D eigenvalue weighted by molar-refractivity contribution is 5.79. The first-order valence-corrected chi connectivity index (χ1v) is 16.3. The van der Waals surface area contributed by atoms with Gasteiger partial charge in [0.15, 0.2) is 0 Å². The lowest BCUT2D eigenvalue weighted by Crippen LogP contribution is -2.51. The van der Waals surface area contributed by atoms with Crippen molar-refractivity contribution in [2.45, 2.75) is 64.4 Å². The van der Waals surface area contributed by atoms with Crippen LogP contribution in [-0.4, -0.2) is 127 Å². The van der Waals surface area contributed by atoms with Crippen LogP contribution in [0.25, 0.3) is 0 Å². The summed E-state index contributed by atoms with van der Waals surface area (Å²) in [6.45, 7) is 7.75. The van der Waals surface area contributed by atoms with Gasteiger partial charge in [-0.05, 0) is 55.6 Å². The van der Waals surface area contributed by atoms with Crippen LogP contribution in [0.4, 0.5) is 0 Å². The third kappa shape index (κ3) is 11.0. The smallest absolute Gasteiger partial charge is 0.237 e. The van der Waals surface area contributed by atoms with E-state index in [9.17, 15) is 19.8 Å². The Kier molecular flexibility index (Phi) is 15.4. The number of aromatic nitrogens is 1. The molecule has 11 heteroatoms. The highest BCUT2D eigenvalue weighted by Crippen LogP contribution is 2.37. The highest BCUT2D eigenvalue weighted by Gasteiger charge is 2.37. The van der Waals surface area contributed by atoms with E-state index < -0.39 is 18.3 Å². The third-order valence-corrected chi connectivity index (χ3v) is 8.82. The molecular weight excluding hydrogens is 588 g/mol. The largest absolute Gasteiger partial charge is 0.497 e. The molecule has 0 saturated carbocycles. The van der Waals surface area contributed by atoms with E-state index in [1.807, 2.05) is 59.3 Å². The number of aliphatic hydroxyl groups is 2. The molecular formula is C35H54N4O7. The number of carbonyl (C=O) groups is 2. The van der Waals surface area contributed by atoms with Gasteiger partial charge in [0, 0.05) is 71.0 Å². The maximum Gasteiger partial charge on any atom is 0.237 e. The Morgan fingerprint density at radius 1 is 1.11 bits per heavy atom. The number of benzene rings is 1. The van der Waals surface area contributed by atoms with E-state index in [2.05, 4.69) is 18.8 Å². The average Bonchev–Trinajstić information content (AvgIpc) is 3.05. The Hall–Kier alpha value is -3.09. The Labute approximate surface area is 274 Å². The number of ether oxygens (including phenoxy) is 3. The second-order valence-electron chi connectivity index (χ2n) is 12.6. The van der Waals surface area contributed by atoms with Gasteiger partial charge < -0.3 is 34.2 Å². The van der Waals surface area contributed by atoms with Crippen molar-refractivity contribution in [2.75, 3.05) is 67.2 Å². The standard InChI is InChI=1S/C35H54N4O7/c1-25(2)30-21-38(26(3)40)22-32(45-6)35(43)31(41)24-46-19-10-9-17-39(34(30)27-12-11-14-29(20-27)44-5)33(42)23-37(4)18-15-28-13-7-8-16-36-28/h7-8,11-14,16,20,25,30-32,34-35,41,43H,9-10,15,17-19,21-24H2,1-6H3/t30-,31+,32+,34-,35+/m1/s1. The summed E-state index contributed by atoms with van der Waals surface area (Å²) in [5, 5.41) is 21.5. The zero-order valence-corrected chi connectivity index (χ0v) is 28.4. The predicted molar refractivity (Wildman–Crippen MR) is 176 cm³/mol. The average molecular weight is 643 g/mol. The van der Waals surface area contributed by atoms with Crippen LogP contribution >= 0.6 is 0 Å². The summed E-state index contributed by atoms with van der Waals surface area (Å²) < 4.78 is 16.9. The molecule has 1 aromatic heterocycles. The van der Waals surface area contributed by atoms with Gasteiger partial charge in [-0.15, -0.1) is 0 Å². The van der Waals surface area contributed by atoms with Gasteiger partial charge in [-0.2, -0.15) is 0 Å². The van der Waals surface area contributed by atoms with Crippen molar-refractivity contribution < 1.29 is 34.0 Å². The summed E-state index contributed by atoms with van der Waals surface area (Å²) in [5.41, 5.74) is 1.89. The first kappa shape index (κ1) is 37.4. The molecule has 0 radical (unpaired) electrons. The molecule has 1 aliphatic heterocycles. The van der Waals surface area contributed by atoms with Crippen LogP contribution in [0.2, 0.25) is 0 Å². The summed E-state index contributed by atoms with van der Waals surface area (Å²) in [5.74, 6) is 0.364. The van der Waals surface area contributed by atoms with Gasteiger partial charge in [0.25, 0.3) is 0 Å². The maximum atomic E-state index is 14.4. The number of hydrogen-bond acceptors (Lipinski definition) is 9. The first-order valence-electron chi connectivity index (χ1n) is 16.3. The lowest BCUT2D eigenvalue weighted by atomic mass is 9.82. The molecule has 5 atom stereocenters. The Morgan fingerprint density at radius 2 is 1.89 bits per heavy atom. The monoisotopic (exact) mass is 642 g/mol. The lowest BCUT2D eigenvalue weighted by molar-refractivity contribution is -0.140. The van der Waals surface area contributed by atoms with Crippen molar-refractivity contribution in [3.63, 3.8) is 0 Å². The maximum absolute atomic E-state index is 14.4. The van der Waals surface area contributed by atoms with Crippen LogP contribution in [0.3, 0.4) is 0 Å². The molecule has 2 amide bonds. The number of likely N-dealkylation sites (N-methyl/N-ethyl adjacent to an activating group) is 1. The summed E-state index contributed by atoms with van der Waals surface area (Å²) in [7, 11) is 5.02. The fourth-order valence-corrected chi connectivity index (χ4v) is 5.99. The fourth-order valence-electron chi connectivity index (χ4n) is 5.99. The van der Waals surface area contributed by atoms with E-state index in [1.165, 1.54) is 14.0 Å². The Balaban J connectivity index is 2.03. The lowest BCUT2D eigenvalue weighted by Gasteiger charge is -2.42. The summed E-state index contributed by atoms with van der Waals surface area (Å²) in [4.78, 5) is 37.5. The second-order valence-corrected chi connectivity index (χ2v) is 12.6. The molecule has 1 saturated heterocycles. The number of pyridine rings is 1. The van der Waals surface area contributed by atoms with Crippen molar-refractivity contribution in [1.29, 1.82) is 0 Å². The molecule has 0 unspecified atom stereocenters. The van der Waals surface area contributed by atoms with E-state index in [1.54, 1.807) is 18.2 Å². The topological polar surface area (TPSA) is 125 Å². The molecule has 46 heavy (non-hydrogen) atoms. The molecule has 0 spiro atoms. The summed E-state index contributed by atoms with van der Waals surface area (Å²) in [6.07, 6.45) is 0.579. The minimum absolute atomic E-state index is 0.0118. The third-order valence-electron chi connectivity index (χ3n) is 8.82. The zero-order chi connectivity index (χ0) is 33.6. The van der Waals surface area contributed by atoms with Crippen LogP contribution in [0, 0.1) is 11.8 Å². The first-order chi connectivity index (χ1) is 22.0. The molecule has 2 aromatic rings. The summed E-state index contributed by atoms with van der Waals surface area (Å²) >= 11 is 0. The van der Waals surface area contributed by atoms with E-state index in [-0.39, 0.29) is 49.4 Å². The molecule has 2 N–H and O–H groups in total. The number of nitrogens with zero attached hydrogens (tertiary/aromatic N) is 4.